The summed E-state index contributed by atoms with van der Waals surface area (Å²) >= 11 is 0. The van der Waals surface area contributed by atoms with E-state index in [0.29, 0.717) is 11.5 Å². The fourth-order valence-electron chi connectivity index (χ4n) is 2.13. The third kappa shape index (κ3) is 4.65. The number of benzene rings is 1. The number of aromatic nitrogens is 3. The summed E-state index contributed by atoms with van der Waals surface area (Å²) in [7, 11) is 0. The molecule has 126 valence electrons. The molecule has 0 saturated carbocycles. The second-order valence-corrected chi connectivity index (χ2v) is 4.72. The molecule has 3 aromatic rings. The molecule has 0 aliphatic rings. The van der Waals surface area contributed by atoms with Crippen molar-refractivity contribution >= 4 is 23.3 Å². The smallest absolute Gasteiger partial charge is 0.870 e. The monoisotopic (exact) mass is 338 g/mol. The minimum Gasteiger partial charge on any atom is -0.870 e. The van der Waals surface area contributed by atoms with Gasteiger partial charge in [-0.3, -0.25) is 9.20 Å². The molecule has 0 radical (unpaired) electrons. The van der Waals surface area contributed by atoms with Crippen LogP contribution in [0.15, 0.2) is 42.9 Å². The first-order chi connectivity index (χ1) is 10.5. The second kappa shape index (κ2) is 8.96. The van der Waals surface area contributed by atoms with E-state index in [9.17, 15) is 9.59 Å². The average molecular weight is 338 g/mol. The zero-order valence-corrected chi connectivity index (χ0v) is 13.6. The predicted molar refractivity (Wildman–Crippen MR) is 85.2 cm³/mol. The average Bonchev–Trinajstić information content (AvgIpc) is 2.90. The zero-order valence-electron chi connectivity index (χ0n) is 13.6. The predicted octanol–water partition coefficient (Wildman–Crippen LogP) is -1.94. The van der Waals surface area contributed by atoms with Crippen molar-refractivity contribution in [3.63, 3.8) is 0 Å². The molecule has 9 nitrogen and oxygen atoms in total. The second-order valence-electron chi connectivity index (χ2n) is 4.72. The normalized spacial score (nSPS) is 9.32. The molecule has 0 saturated heterocycles. The van der Waals surface area contributed by atoms with Crippen molar-refractivity contribution < 1.29 is 44.5 Å². The Kier molecular flexibility index (Phi) is 7.99. The van der Waals surface area contributed by atoms with Crippen LogP contribution in [0.2, 0.25) is 0 Å². The number of imidazole rings is 1. The SMILES string of the molecule is CC(=O)Nc1ccc(-c2cnc3ncc(C(=O)O)cn23)cc1.O.[Li+].[OH-]. The van der Waals surface area contributed by atoms with Gasteiger partial charge in [-0.25, -0.2) is 14.8 Å². The third-order valence-corrected chi connectivity index (χ3v) is 3.11. The Bertz CT molecular complexity index is 879. The Labute approximate surface area is 154 Å². The van der Waals surface area contributed by atoms with Gasteiger partial charge in [0.05, 0.1) is 17.5 Å². The number of aromatic carboxylic acids is 1. The number of amides is 1. The number of fused-ring (bicyclic) bond motifs is 1. The molecule has 10 heteroatoms. The quantitative estimate of drug-likeness (QED) is 0.528. The number of nitrogens with one attached hydrogen (secondary N) is 1. The van der Waals surface area contributed by atoms with Crippen LogP contribution in [0, 0.1) is 0 Å². The minimum absolute atomic E-state index is 0. The number of carbonyl (C=O) groups is 2. The Morgan fingerprint density at radius 3 is 2.28 bits per heavy atom. The molecular weight excluding hydrogens is 323 g/mol. The van der Waals surface area contributed by atoms with Gasteiger partial charge in [0.1, 0.15) is 0 Å². The summed E-state index contributed by atoms with van der Waals surface area (Å²) in [4.78, 5) is 30.2. The largest absolute Gasteiger partial charge is 1.00 e. The van der Waals surface area contributed by atoms with E-state index < -0.39 is 5.97 Å². The third-order valence-electron chi connectivity index (χ3n) is 3.11. The Morgan fingerprint density at radius 1 is 1.12 bits per heavy atom. The zero-order chi connectivity index (χ0) is 15.7. The van der Waals surface area contributed by atoms with Crippen molar-refractivity contribution in [3.05, 3.63) is 48.4 Å². The summed E-state index contributed by atoms with van der Waals surface area (Å²) in [6.45, 7) is 1.44. The van der Waals surface area contributed by atoms with E-state index in [1.807, 2.05) is 12.1 Å². The first kappa shape index (κ1) is 22.3. The number of hydrogen-bond donors (Lipinski definition) is 2. The topological polar surface area (TPSA) is 158 Å². The fourth-order valence-corrected chi connectivity index (χ4v) is 2.13. The van der Waals surface area contributed by atoms with Gasteiger partial charge in [-0.15, -0.1) is 0 Å². The van der Waals surface area contributed by atoms with Gasteiger partial charge in [0.15, 0.2) is 0 Å². The van der Waals surface area contributed by atoms with E-state index >= 15 is 0 Å². The molecule has 0 fully saturated rings. The summed E-state index contributed by atoms with van der Waals surface area (Å²) in [5.74, 6) is -0.765. The van der Waals surface area contributed by atoms with Gasteiger partial charge in [-0.1, -0.05) is 12.1 Å². The summed E-state index contributed by atoms with van der Waals surface area (Å²) in [5.41, 5.74) is 2.34. The summed E-state index contributed by atoms with van der Waals surface area (Å²) in [6.07, 6.45) is 4.38. The van der Waals surface area contributed by atoms with Gasteiger partial charge in [0, 0.05) is 30.6 Å². The van der Waals surface area contributed by atoms with Crippen LogP contribution in [0.5, 0.6) is 0 Å². The van der Waals surface area contributed by atoms with Crippen molar-refractivity contribution in [2.45, 2.75) is 6.92 Å². The van der Waals surface area contributed by atoms with Crippen LogP contribution in [0.4, 0.5) is 5.69 Å². The van der Waals surface area contributed by atoms with Gasteiger partial charge in [0.25, 0.3) is 0 Å². The molecular formula is C15H15LiN4O5. The molecule has 2 aromatic heterocycles. The van der Waals surface area contributed by atoms with Gasteiger partial charge < -0.3 is 21.4 Å². The molecule has 0 atom stereocenters. The standard InChI is InChI=1S/C15H12N4O3.Li.2H2O/c1-9(20)18-12-4-2-10(3-5-12)13-7-17-15-16-6-11(14(21)22)8-19(13)15;;;/h2-8H,1H3,(H,18,20)(H,21,22);;2*1H2/q;+1;;/p-1. The summed E-state index contributed by atoms with van der Waals surface area (Å²) in [5, 5.41) is 11.7. The van der Waals surface area contributed by atoms with Crippen molar-refractivity contribution in [2.75, 3.05) is 5.32 Å². The molecule has 0 aliphatic heterocycles. The van der Waals surface area contributed by atoms with E-state index in [-0.39, 0.29) is 41.3 Å². The van der Waals surface area contributed by atoms with Crippen LogP contribution >= 0.6 is 0 Å². The maximum Gasteiger partial charge on any atom is 1.00 e. The molecule has 0 aliphatic carbocycles. The van der Waals surface area contributed by atoms with Gasteiger partial charge in [0.2, 0.25) is 11.7 Å². The van der Waals surface area contributed by atoms with E-state index in [0.717, 1.165) is 11.3 Å². The minimum atomic E-state index is -1.05. The van der Waals surface area contributed by atoms with Crippen LogP contribution in [0.1, 0.15) is 17.3 Å². The van der Waals surface area contributed by atoms with E-state index in [1.165, 1.54) is 19.3 Å². The van der Waals surface area contributed by atoms with Crippen LogP contribution in [0.25, 0.3) is 17.0 Å². The van der Waals surface area contributed by atoms with Crippen LogP contribution in [-0.2, 0) is 4.79 Å². The van der Waals surface area contributed by atoms with Crippen molar-refractivity contribution in [1.82, 2.24) is 14.4 Å². The van der Waals surface area contributed by atoms with Crippen molar-refractivity contribution in [1.29, 1.82) is 0 Å². The number of carbonyl (C=O) groups excluding carboxylic acids is 1. The summed E-state index contributed by atoms with van der Waals surface area (Å²) in [6, 6.07) is 7.18. The number of hydrogen-bond acceptors (Lipinski definition) is 5. The van der Waals surface area contributed by atoms with E-state index in [2.05, 4.69) is 15.3 Å². The number of carboxylic acids is 1. The van der Waals surface area contributed by atoms with Gasteiger partial charge in [-0.2, -0.15) is 0 Å². The molecule has 25 heavy (non-hydrogen) atoms. The molecule has 3 rings (SSSR count). The molecule has 0 spiro atoms. The van der Waals surface area contributed by atoms with Gasteiger partial charge >= 0.3 is 24.8 Å². The fraction of sp³-hybridized carbons (Fsp3) is 0.0667. The van der Waals surface area contributed by atoms with E-state index in [1.54, 1.807) is 22.7 Å². The molecule has 0 unspecified atom stereocenters. The maximum absolute atomic E-state index is 11.0. The molecule has 1 aromatic carbocycles. The molecule has 1 amide bonds. The number of rotatable bonds is 3. The molecule has 5 N–H and O–H groups in total. The Hall–Kier alpha value is -2.70. The number of carboxylic acid groups (broad SMARTS) is 1. The van der Waals surface area contributed by atoms with Crippen molar-refractivity contribution in [3.8, 4) is 11.3 Å². The number of nitrogens with zero attached hydrogens (tertiary/aromatic N) is 3. The first-order valence-electron chi connectivity index (χ1n) is 6.49. The Balaban J connectivity index is 0.00000192. The number of anilines is 1. The molecule has 2 heterocycles. The van der Waals surface area contributed by atoms with Crippen molar-refractivity contribution in [2.24, 2.45) is 0 Å². The summed E-state index contributed by atoms with van der Waals surface area (Å²) < 4.78 is 1.62. The maximum atomic E-state index is 11.0. The Morgan fingerprint density at radius 2 is 1.72 bits per heavy atom. The molecule has 0 bridgehead atoms. The first-order valence-corrected chi connectivity index (χ1v) is 6.49. The van der Waals surface area contributed by atoms with Crippen LogP contribution in [0.3, 0.4) is 0 Å². The van der Waals surface area contributed by atoms with Gasteiger partial charge in [-0.05, 0) is 12.1 Å². The van der Waals surface area contributed by atoms with E-state index in [4.69, 9.17) is 5.11 Å². The van der Waals surface area contributed by atoms with Crippen LogP contribution < -0.4 is 24.2 Å². The van der Waals surface area contributed by atoms with Crippen LogP contribution in [-0.4, -0.2) is 42.3 Å².